The maximum atomic E-state index is 12.4. The van der Waals surface area contributed by atoms with Gasteiger partial charge in [-0.2, -0.15) is 0 Å². The second-order valence-corrected chi connectivity index (χ2v) is 13.2. The Morgan fingerprint density at radius 3 is 2.19 bits per heavy atom. The summed E-state index contributed by atoms with van der Waals surface area (Å²) in [6.07, 6.45) is 13.2. The Balaban J connectivity index is 0.000000861. The summed E-state index contributed by atoms with van der Waals surface area (Å²) in [5, 5.41) is 0. The topological polar surface area (TPSA) is 52.3 Å². The van der Waals surface area contributed by atoms with E-state index in [0.29, 0.717) is 46.5 Å². The van der Waals surface area contributed by atoms with Gasteiger partial charge in [-0.1, -0.05) is 79.2 Å². The Kier molecular flexibility index (Phi) is 8.96. The molecule has 0 aromatic carbocycles. The van der Waals surface area contributed by atoms with Crippen molar-refractivity contribution in [3.05, 3.63) is 23.8 Å². The Bertz CT molecular complexity index is 847. The van der Waals surface area contributed by atoms with Gasteiger partial charge in [0, 0.05) is 6.04 Å². The molecule has 3 heteroatoms. The van der Waals surface area contributed by atoms with Crippen molar-refractivity contribution in [3.63, 3.8) is 0 Å². The van der Waals surface area contributed by atoms with E-state index in [1.54, 1.807) is 12.7 Å². The highest BCUT2D eigenvalue weighted by atomic mass is 16.5. The number of carbonyl (C=O) groups excluding carboxylic acids is 1. The van der Waals surface area contributed by atoms with Gasteiger partial charge < -0.3 is 10.5 Å². The smallest absolute Gasteiger partial charge is 0.308 e. The summed E-state index contributed by atoms with van der Waals surface area (Å²) in [6.45, 7) is 22.8. The zero-order valence-corrected chi connectivity index (χ0v) is 25.1. The van der Waals surface area contributed by atoms with E-state index in [9.17, 15) is 4.79 Å². The van der Waals surface area contributed by atoms with E-state index < -0.39 is 0 Å². The molecular weight excluding hydrogens is 442 g/mol. The van der Waals surface area contributed by atoms with Gasteiger partial charge >= 0.3 is 5.97 Å². The Hall–Kier alpha value is -1.09. The maximum Gasteiger partial charge on any atom is 0.308 e. The van der Waals surface area contributed by atoms with Crippen molar-refractivity contribution >= 4 is 5.97 Å². The average Bonchev–Trinajstić information content (AvgIpc) is 2.87. The van der Waals surface area contributed by atoms with Crippen molar-refractivity contribution < 1.29 is 9.53 Å². The number of methoxy groups -OCH3 is 1. The van der Waals surface area contributed by atoms with E-state index in [1.165, 1.54) is 37.7 Å². The molecule has 5 aliphatic rings. The average molecular weight is 500 g/mol. The van der Waals surface area contributed by atoms with Crippen LogP contribution in [0.3, 0.4) is 0 Å². The molecule has 36 heavy (non-hydrogen) atoms. The van der Waals surface area contributed by atoms with Crippen molar-refractivity contribution in [2.24, 2.45) is 57.5 Å². The summed E-state index contributed by atoms with van der Waals surface area (Å²) in [4.78, 5) is 12.4. The van der Waals surface area contributed by atoms with Gasteiger partial charge in [0.15, 0.2) is 0 Å². The van der Waals surface area contributed by atoms with Gasteiger partial charge in [-0.15, -0.1) is 0 Å². The van der Waals surface area contributed by atoms with Crippen molar-refractivity contribution in [2.45, 2.75) is 119 Å². The molecular formula is C33H57NO2. The van der Waals surface area contributed by atoms with E-state index in [1.807, 2.05) is 27.7 Å². The van der Waals surface area contributed by atoms with E-state index >= 15 is 0 Å². The molecule has 0 bridgehead atoms. The summed E-state index contributed by atoms with van der Waals surface area (Å²) in [7, 11) is 1.55. The first-order chi connectivity index (χ1) is 17.0. The quantitative estimate of drug-likeness (QED) is 0.369. The highest BCUT2D eigenvalue weighted by Crippen LogP contribution is 2.70. The fourth-order valence-electron chi connectivity index (χ4n) is 10.0. The minimum absolute atomic E-state index is 0.00551. The van der Waals surface area contributed by atoms with Gasteiger partial charge in [-0.05, 0) is 104 Å². The summed E-state index contributed by atoms with van der Waals surface area (Å²) in [5.74, 6) is 3.06. The monoisotopic (exact) mass is 499 g/mol. The van der Waals surface area contributed by atoms with E-state index in [0.717, 1.165) is 25.7 Å². The van der Waals surface area contributed by atoms with Gasteiger partial charge in [0.2, 0.25) is 0 Å². The molecule has 0 radical (unpaired) electrons. The molecule has 206 valence electrons. The Labute approximate surface area is 223 Å². The van der Waals surface area contributed by atoms with Gasteiger partial charge in [0.1, 0.15) is 0 Å². The van der Waals surface area contributed by atoms with Crippen LogP contribution in [0.2, 0.25) is 0 Å². The number of nitrogens with two attached hydrogens (primary N) is 1. The third-order valence-electron chi connectivity index (χ3n) is 11.8. The summed E-state index contributed by atoms with van der Waals surface area (Å²) < 4.78 is 5.17. The molecule has 4 saturated carbocycles. The van der Waals surface area contributed by atoms with Crippen LogP contribution in [0.15, 0.2) is 23.8 Å². The maximum absolute atomic E-state index is 12.4. The van der Waals surface area contributed by atoms with Crippen molar-refractivity contribution in [1.29, 1.82) is 0 Å². The van der Waals surface area contributed by atoms with E-state index in [4.69, 9.17) is 17.0 Å². The van der Waals surface area contributed by atoms with Gasteiger partial charge in [-0.3, -0.25) is 4.79 Å². The highest BCUT2D eigenvalue weighted by molar-refractivity contribution is 5.72. The molecule has 10 atom stereocenters. The van der Waals surface area contributed by atoms with Crippen LogP contribution in [0.1, 0.15) is 113 Å². The normalized spacial score (nSPS) is 47.1. The molecule has 5 aliphatic carbocycles. The standard InChI is InChI=1S/C29H45NO2.2C2H6/c1-17-15-20-22(8-12-27(3)11-7-19(16-23(20)27)26(31)32-6)29(5)13-9-21-18(2)24(30)10-14-28(21,4)25(17)29;2*1-2/h15,18-19,21-25H,1,7-14,16,30H2,2-6H3;2*1-2H3/t18?,19?,21?,22?,23?,24?,25?,27-,28?,29?;;/m1../s1. The van der Waals surface area contributed by atoms with Crippen LogP contribution in [0.5, 0.6) is 0 Å². The minimum atomic E-state index is -0.00551. The zero-order chi connectivity index (χ0) is 27.1. The third-order valence-corrected chi connectivity index (χ3v) is 11.8. The summed E-state index contributed by atoms with van der Waals surface area (Å²) in [5.41, 5.74) is 10.5. The first kappa shape index (κ1) is 29.5. The number of rotatable bonds is 1. The Morgan fingerprint density at radius 1 is 0.944 bits per heavy atom. The van der Waals surface area contributed by atoms with Gasteiger partial charge in [0.25, 0.3) is 0 Å². The molecule has 0 aliphatic heterocycles. The number of carbonyl (C=O) groups is 1. The molecule has 5 rings (SSSR count). The van der Waals surface area contributed by atoms with Crippen LogP contribution in [-0.2, 0) is 9.53 Å². The molecule has 0 aromatic heterocycles. The molecule has 0 aromatic rings. The van der Waals surface area contributed by atoms with Crippen molar-refractivity contribution in [3.8, 4) is 0 Å². The second kappa shape index (κ2) is 11.0. The number of hydrogen-bond donors (Lipinski definition) is 1. The first-order valence-electron chi connectivity index (χ1n) is 15.3. The number of fused-ring (bicyclic) bond motifs is 7. The predicted molar refractivity (Wildman–Crippen MR) is 152 cm³/mol. The molecule has 0 heterocycles. The lowest BCUT2D eigenvalue weighted by Gasteiger charge is -2.66. The lowest BCUT2D eigenvalue weighted by molar-refractivity contribution is -0.149. The molecule has 4 fully saturated rings. The number of allylic oxidation sites excluding steroid dienone is 3. The van der Waals surface area contributed by atoms with Crippen LogP contribution in [-0.4, -0.2) is 19.1 Å². The summed E-state index contributed by atoms with van der Waals surface area (Å²) >= 11 is 0. The molecule has 0 saturated heterocycles. The lowest BCUT2D eigenvalue weighted by atomic mass is 9.38. The minimum Gasteiger partial charge on any atom is -0.469 e. The fraction of sp³-hybridized carbons (Fsp3) is 0.848. The first-order valence-corrected chi connectivity index (χ1v) is 15.3. The number of esters is 1. The third kappa shape index (κ3) is 4.44. The molecule has 0 amide bonds. The van der Waals surface area contributed by atoms with Crippen LogP contribution in [0, 0.1) is 51.8 Å². The van der Waals surface area contributed by atoms with Crippen LogP contribution >= 0.6 is 0 Å². The number of hydrogen-bond acceptors (Lipinski definition) is 3. The zero-order valence-electron chi connectivity index (χ0n) is 25.1. The van der Waals surface area contributed by atoms with E-state index in [2.05, 4.69) is 33.8 Å². The van der Waals surface area contributed by atoms with Crippen molar-refractivity contribution in [2.75, 3.05) is 7.11 Å². The van der Waals surface area contributed by atoms with Crippen molar-refractivity contribution in [1.82, 2.24) is 0 Å². The highest BCUT2D eigenvalue weighted by Gasteiger charge is 2.63. The largest absolute Gasteiger partial charge is 0.469 e. The SMILES string of the molecule is C=C1C=C2C(CC[C@@]3(C)CCC(C(=O)OC)CC23)C2(C)CCC3C(C)C(N)CCC3(C)C12.CC.CC. The summed E-state index contributed by atoms with van der Waals surface area (Å²) in [6, 6.07) is 0.355. The molecule has 2 N–H and O–H groups in total. The Morgan fingerprint density at radius 2 is 1.56 bits per heavy atom. The van der Waals surface area contributed by atoms with Crippen LogP contribution in [0.25, 0.3) is 0 Å². The van der Waals surface area contributed by atoms with Gasteiger partial charge in [-0.25, -0.2) is 0 Å². The predicted octanol–water partition coefficient (Wildman–Crippen LogP) is 8.34. The van der Waals surface area contributed by atoms with Gasteiger partial charge in [0.05, 0.1) is 13.0 Å². The molecule has 3 nitrogen and oxygen atoms in total. The number of ether oxygens (including phenoxy) is 1. The van der Waals surface area contributed by atoms with E-state index in [-0.39, 0.29) is 17.3 Å². The molecule has 0 spiro atoms. The van der Waals surface area contributed by atoms with Crippen LogP contribution < -0.4 is 5.73 Å². The lowest BCUT2D eigenvalue weighted by Crippen LogP contribution is -2.60. The van der Waals surface area contributed by atoms with Crippen LogP contribution in [0.4, 0.5) is 0 Å². The molecule has 9 unspecified atom stereocenters. The second-order valence-electron chi connectivity index (χ2n) is 13.2. The fourth-order valence-corrected chi connectivity index (χ4v) is 10.0.